The summed E-state index contributed by atoms with van der Waals surface area (Å²) >= 11 is 2.26. The Hall–Kier alpha value is -2.93. The largest absolute Gasteiger partial charge is 0.424 e. The van der Waals surface area contributed by atoms with Gasteiger partial charge >= 0.3 is 6.01 Å². The van der Waals surface area contributed by atoms with Crippen LogP contribution in [0.1, 0.15) is 16.7 Å². The third kappa shape index (κ3) is 4.18. The van der Waals surface area contributed by atoms with Crippen LogP contribution in [0.15, 0.2) is 36.4 Å². The molecule has 0 aliphatic rings. The van der Waals surface area contributed by atoms with Crippen molar-refractivity contribution in [3.63, 3.8) is 0 Å². The van der Waals surface area contributed by atoms with Gasteiger partial charge in [0.2, 0.25) is 11.9 Å². The maximum absolute atomic E-state index is 8.86. The number of halogens is 1. The van der Waals surface area contributed by atoms with E-state index < -0.39 is 0 Å². The monoisotopic (exact) mass is 458 g/mol. The fourth-order valence-electron chi connectivity index (χ4n) is 2.38. The number of hydrogen-bond acceptors (Lipinski definition) is 7. The molecule has 0 saturated heterocycles. The van der Waals surface area contributed by atoms with Gasteiger partial charge in [0.05, 0.1) is 11.6 Å². The molecule has 3 rings (SSSR count). The van der Waals surface area contributed by atoms with E-state index in [0.717, 1.165) is 20.4 Å². The predicted molar refractivity (Wildman–Crippen MR) is 107 cm³/mol. The number of aromatic nitrogens is 3. The summed E-state index contributed by atoms with van der Waals surface area (Å²) in [5.41, 5.74) is 9.04. The van der Waals surface area contributed by atoms with Crippen LogP contribution in [0.5, 0.6) is 11.8 Å². The second-order valence-corrected chi connectivity index (χ2v) is 6.83. The van der Waals surface area contributed by atoms with E-state index in [0.29, 0.717) is 11.3 Å². The molecule has 0 spiro atoms. The Morgan fingerprint density at radius 3 is 2.35 bits per heavy atom. The molecule has 8 heteroatoms. The number of anilines is 3. The second-order valence-electron chi connectivity index (χ2n) is 5.58. The topological polar surface area (TPSA) is 110 Å². The van der Waals surface area contributed by atoms with Crippen molar-refractivity contribution >= 4 is 40.2 Å². The van der Waals surface area contributed by atoms with Crippen LogP contribution in [0.3, 0.4) is 0 Å². The molecule has 0 aliphatic heterocycles. The zero-order valence-corrected chi connectivity index (χ0v) is 16.3. The number of hydrogen-bond donors (Lipinski definition) is 2. The molecule has 0 unspecified atom stereocenters. The number of nitrogens with two attached hydrogens (primary N) is 1. The van der Waals surface area contributed by atoms with E-state index >= 15 is 0 Å². The van der Waals surface area contributed by atoms with Gasteiger partial charge in [0.25, 0.3) is 0 Å². The first-order valence-electron chi connectivity index (χ1n) is 7.68. The molecule has 0 amide bonds. The van der Waals surface area contributed by atoms with Crippen molar-refractivity contribution < 1.29 is 4.74 Å². The van der Waals surface area contributed by atoms with Crippen molar-refractivity contribution in [2.75, 3.05) is 11.1 Å². The van der Waals surface area contributed by atoms with Crippen molar-refractivity contribution in [1.82, 2.24) is 15.0 Å². The summed E-state index contributed by atoms with van der Waals surface area (Å²) in [6.45, 7) is 3.93. The number of aryl methyl sites for hydroxylation is 2. The molecule has 0 fully saturated rings. The predicted octanol–water partition coefficient (Wildman–Crippen LogP) is 4.08. The van der Waals surface area contributed by atoms with Crippen LogP contribution in [0, 0.1) is 28.7 Å². The SMILES string of the molecule is Cc1cc(I)cc(C)c1Oc1nc(N)nc(Nc2ccc(C#N)cc2)n1. The van der Waals surface area contributed by atoms with E-state index in [9.17, 15) is 0 Å². The highest BCUT2D eigenvalue weighted by molar-refractivity contribution is 14.1. The third-order valence-electron chi connectivity index (χ3n) is 3.52. The molecule has 7 nitrogen and oxygen atoms in total. The molecule has 26 heavy (non-hydrogen) atoms. The van der Waals surface area contributed by atoms with Gasteiger partial charge in [0, 0.05) is 9.26 Å². The first kappa shape index (κ1) is 17.9. The molecule has 3 N–H and O–H groups in total. The smallest absolute Gasteiger partial charge is 0.328 e. The van der Waals surface area contributed by atoms with Crippen LogP contribution >= 0.6 is 22.6 Å². The summed E-state index contributed by atoms with van der Waals surface area (Å²) in [7, 11) is 0. The normalized spacial score (nSPS) is 10.2. The minimum absolute atomic E-state index is 0.0481. The summed E-state index contributed by atoms with van der Waals surface area (Å²) in [4.78, 5) is 12.4. The number of nitrogens with one attached hydrogen (secondary N) is 1. The van der Waals surface area contributed by atoms with E-state index in [-0.39, 0.29) is 17.9 Å². The van der Waals surface area contributed by atoms with Gasteiger partial charge in [-0.15, -0.1) is 0 Å². The summed E-state index contributed by atoms with van der Waals surface area (Å²) < 4.78 is 6.99. The first-order chi connectivity index (χ1) is 12.4. The van der Waals surface area contributed by atoms with Crippen molar-refractivity contribution in [2.24, 2.45) is 0 Å². The minimum atomic E-state index is 0.0481. The van der Waals surface area contributed by atoms with Crippen LogP contribution in [0.25, 0.3) is 0 Å². The van der Waals surface area contributed by atoms with Crippen molar-refractivity contribution in [3.05, 3.63) is 56.7 Å². The number of nitriles is 1. The Bertz CT molecular complexity index is 975. The second kappa shape index (κ2) is 7.53. The standard InChI is InChI=1S/C18H15IN6O/c1-10-7-13(19)8-11(2)15(10)26-18-24-16(21)23-17(25-18)22-14-5-3-12(9-20)4-6-14/h3-8H,1-2H3,(H3,21,22,23,24,25). The highest BCUT2D eigenvalue weighted by atomic mass is 127. The van der Waals surface area contributed by atoms with E-state index in [1.165, 1.54) is 0 Å². The van der Waals surface area contributed by atoms with E-state index in [1.807, 2.05) is 26.0 Å². The molecular formula is C18H15IN6O. The van der Waals surface area contributed by atoms with E-state index in [1.54, 1.807) is 24.3 Å². The van der Waals surface area contributed by atoms with Crippen LogP contribution in [-0.2, 0) is 0 Å². The van der Waals surface area contributed by atoms with E-state index in [4.69, 9.17) is 15.7 Å². The quantitative estimate of drug-likeness (QED) is 0.567. The molecule has 0 radical (unpaired) electrons. The Balaban J connectivity index is 1.87. The number of benzene rings is 2. The molecule has 0 bridgehead atoms. The van der Waals surface area contributed by atoms with Gasteiger partial charge in [-0.1, -0.05) is 0 Å². The lowest BCUT2D eigenvalue weighted by Gasteiger charge is -2.12. The Labute approximate surface area is 164 Å². The zero-order chi connectivity index (χ0) is 18.7. The molecule has 0 saturated carbocycles. The first-order valence-corrected chi connectivity index (χ1v) is 8.76. The number of rotatable bonds is 4. The van der Waals surface area contributed by atoms with Crippen LogP contribution in [0.4, 0.5) is 17.6 Å². The lowest BCUT2D eigenvalue weighted by molar-refractivity contribution is 0.435. The van der Waals surface area contributed by atoms with Crippen LogP contribution < -0.4 is 15.8 Å². The Morgan fingerprint density at radius 2 is 1.73 bits per heavy atom. The average molecular weight is 458 g/mol. The molecule has 130 valence electrons. The highest BCUT2D eigenvalue weighted by Crippen LogP contribution is 2.29. The van der Waals surface area contributed by atoms with Crippen molar-refractivity contribution in [3.8, 4) is 17.8 Å². The molecule has 0 aliphatic carbocycles. The number of ether oxygens (including phenoxy) is 1. The molecule has 3 aromatic rings. The van der Waals surface area contributed by atoms with Crippen molar-refractivity contribution in [1.29, 1.82) is 5.26 Å². The van der Waals surface area contributed by atoms with Crippen molar-refractivity contribution in [2.45, 2.75) is 13.8 Å². The van der Waals surface area contributed by atoms with Gasteiger partial charge in [-0.05, 0) is 84.0 Å². The summed E-state index contributed by atoms with van der Waals surface area (Å²) in [6.07, 6.45) is 0. The summed E-state index contributed by atoms with van der Waals surface area (Å²) in [5.74, 6) is 1.00. The molecule has 0 atom stereocenters. The van der Waals surface area contributed by atoms with Gasteiger partial charge in [-0.3, -0.25) is 0 Å². The fraction of sp³-hybridized carbons (Fsp3) is 0.111. The Morgan fingerprint density at radius 1 is 1.08 bits per heavy atom. The minimum Gasteiger partial charge on any atom is -0.424 e. The third-order valence-corrected chi connectivity index (χ3v) is 4.14. The molecule has 1 aromatic heterocycles. The summed E-state index contributed by atoms with van der Waals surface area (Å²) in [5, 5.41) is 11.9. The number of nitrogens with zero attached hydrogens (tertiary/aromatic N) is 4. The maximum Gasteiger partial charge on any atom is 0.328 e. The molecule has 2 aromatic carbocycles. The molecular weight excluding hydrogens is 443 g/mol. The van der Waals surface area contributed by atoms with Crippen LogP contribution in [0.2, 0.25) is 0 Å². The van der Waals surface area contributed by atoms with Gasteiger partial charge in [0.15, 0.2) is 0 Å². The van der Waals surface area contributed by atoms with Gasteiger partial charge < -0.3 is 15.8 Å². The lowest BCUT2D eigenvalue weighted by Crippen LogP contribution is -2.05. The Kier molecular flexibility index (Phi) is 5.18. The lowest BCUT2D eigenvalue weighted by atomic mass is 10.1. The molecule has 1 heterocycles. The number of nitrogen functional groups attached to an aromatic ring is 1. The van der Waals surface area contributed by atoms with Crippen LogP contribution in [-0.4, -0.2) is 15.0 Å². The van der Waals surface area contributed by atoms with Gasteiger partial charge in [-0.25, -0.2) is 0 Å². The zero-order valence-electron chi connectivity index (χ0n) is 14.1. The van der Waals surface area contributed by atoms with Gasteiger partial charge in [0.1, 0.15) is 5.75 Å². The average Bonchev–Trinajstić information content (AvgIpc) is 2.58. The van der Waals surface area contributed by atoms with E-state index in [2.05, 4.69) is 48.9 Å². The fourth-order valence-corrected chi connectivity index (χ4v) is 3.31. The maximum atomic E-state index is 8.86. The summed E-state index contributed by atoms with van der Waals surface area (Å²) in [6, 6.07) is 13.1. The van der Waals surface area contributed by atoms with Gasteiger partial charge in [-0.2, -0.15) is 20.2 Å². The highest BCUT2D eigenvalue weighted by Gasteiger charge is 2.11.